The van der Waals surface area contributed by atoms with Crippen LogP contribution < -0.4 is 14.4 Å². The Kier molecular flexibility index (Phi) is 8.84. The zero-order valence-electron chi connectivity index (χ0n) is 26.0. The van der Waals surface area contributed by atoms with E-state index in [0.717, 1.165) is 16.0 Å². The molecule has 244 valence electrons. The number of aryl methyl sites for hydroxylation is 1. The first-order valence-corrected chi connectivity index (χ1v) is 15.7. The summed E-state index contributed by atoms with van der Waals surface area (Å²) in [5, 5.41) is 20.4. The van der Waals surface area contributed by atoms with Crippen LogP contribution in [0.15, 0.2) is 42.7 Å². The van der Waals surface area contributed by atoms with Gasteiger partial charge in [-0.2, -0.15) is 4.98 Å². The van der Waals surface area contributed by atoms with Gasteiger partial charge in [0.05, 0.1) is 48.4 Å². The van der Waals surface area contributed by atoms with Crippen molar-refractivity contribution in [3.8, 4) is 22.3 Å². The molecular formula is C32H32FN7O6S. The maximum atomic E-state index is 15.3. The number of benzene rings is 1. The van der Waals surface area contributed by atoms with Crippen LogP contribution in [0.25, 0.3) is 32.0 Å². The van der Waals surface area contributed by atoms with E-state index in [2.05, 4.69) is 24.9 Å². The minimum Gasteiger partial charge on any atom is -0.480 e. The van der Waals surface area contributed by atoms with Crippen molar-refractivity contribution < 1.29 is 33.7 Å². The molecule has 1 fully saturated rings. The van der Waals surface area contributed by atoms with Gasteiger partial charge in [-0.25, -0.2) is 29.1 Å². The highest BCUT2D eigenvalue weighted by Crippen LogP contribution is 2.36. The fourth-order valence-electron chi connectivity index (χ4n) is 5.42. The van der Waals surface area contributed by atoms with Crippen molar-refractivity contribution in [3.05, 3.63) is 59.8 Å². The Bertz CT molecular complexity index is 1970. The Hall–Kier alpha value is -5.02. The largest absolute Gasteiger partial charge is 0.480 e. The second-order valence-electron chi connectivity index (χ2n) is 11.4. The predicted octanol–water partition coefficient (Wildman–Crippen LogP) is 5.09. The van der Waals surface area contributed by atoms with Crippen molar-refractivity contribution in [2.45, 2.75) is 51.9 Å². The lowest BCUT2D eigenvalue weighted by atomic mass is 10.1. The zero-order valence-corrected chi connectivity index (χ0v) is 26.9. The van der Waals surface area contributed by atoms with Crippen molar-refractivity contribution in [1.29, 1.82) is 0 Å². The number of ether oxygens (including phenoxy) is 2. The van der Waals surface area contributed by atoms with Crippen LogP contribution in [0.5, 0.6) is 11.8 Å². The van der Waals surface area contributed by atoms with Gasteiger partial charge < -0.3 is 24.6 Å². The fourth-order valence-corrected chi connectivity index (χ4v) is 6.35. The van der Waals surface area contributed by atoms with E-state index >= 15 is 4.39 Å². The quantitative estimate of drug-likeness (QED) is 0.228. The van der Waals surface area contributed by atoms with Gasteiger partial charge in [-0.1, -0.05) is 11.3 Å². The SMILES string of the molecule is COc1cnc2c(-c3nc4cc(F)c(O[C@@H](C)[C@@H](C)N(C(=O)O)c5ccc(C(=O)N6CCC(O)CC6)nc5)nc4s3)cc(C)cc2n1. The molecule has 0 saturated carbocycles. The third-order valence-corrected chi connectivity index (χ3v) is 9.10. The number of piperidine rings is 1. The molecule has 0 aliphatic carbocycles. The molecule has 0 radical (unpaired) electrons. The van der Waals surface area contributed by atoms with Gasteiger partial charge in [0.25, 0.3) is 11.8 Å². The summed E-state index contributed by atoms with van der Waals surface area (Å²) in [6.07, 6.45) is 1.28. The number of likely N-dealkylation sites (tertiary alicyclic amines) is 1. The first kappa shape index (κ1) is 31.9. The number of hydrogen-bond acceptors (Lipinski definition) is 11. The number of carbonyl (C=O) groups is 2. The molecule has 4 aromatic heterocycles. The molecule has 1 aromatic carbocycles. The third-order valence-electron chi connectivity index (χ3n) is 8.10. The van der Waals surface area contributed by atoms with Crippen molar-refractivity contribution in [1.82, 2.24) is 29.8 Å². The number of fused-ring (bicyclic) bond motifs is 2. The highest BCUT2D eigenvalue weighted by atomic mass is 32.1. The summed E-state index contributed by atoms with van der Waals surface area (Å²) in [5.41, 5.74) is 3.61. The average Bonchev–Trinajstić information content (AvgIpc) is 3.46. The van der Waals surface area contributed by atoms with Gasteiger partial charge in [0.15, 0.2) is 5.82 Å². The molecule has 47 heavy (non-hydrogen) atoms. The summed E-state index contributed by atoms with van der Waals surface area (Å²) in [7, 11) is 1.52. The Morgan fingerprint density at radius 2 is 1.83 bits per heavy atom. The first-order valence-electron chi connectivity index (χ1n) is 14.9. The number of rotatable bonds is 8. The number of thiazole rings is 1. The molecular weight excluding hydrogens is 629 g/mol. The van der Waals surface area contributed by atoms with E-state index in [1.807, 2.05) is 19.1 Å². The lowest BCUT2D eigenvalue weighted by Crippen LogP contribution is -2.46. The topological polar surface area (TPSA) is 164 Å². The molecule has 2 N–H and O–H groups in total. The normalized spacial score (nSPS) is 15.1. The molecule has 1 aliphatic rings. The molecule has 0 spiro atoms. The van der Waals surface area contributed by atoms with Gasteiger partial charge in [-0.3, -0.25) is 9.69 Å². The lowest BCUT2D eigenvalue weighted by Gasteiger charge is -2.31. The van der Waals surface area contributed by atoms with Crippen molar-refractivity contribution in [3.63, 3.8) is 0 Å². The standard InChI is InChI=1S/C32H32FN7O6S/c1-16-11-21(27-24(12-16)36-26(45-4)15-35-27)29-37-25-13-22(33)28(38-30(25)47-29)46-18(3)17(2)40(32(43)44)19-5-6-23(34-14-19)31(42)39-9-7-20(41)8-10-39/h5-6,11-15,17-18,20,41H,7-10H2,1-4H3,(H,43,44)/t17-,18+/m1/s1. The number of halogens is 1. The number of methoxy groups -OCH3 is 1. The van der Waals surface area contributed by atoms with Crippen LogP contribution in [0, 0.1) is 12.7 Å². The van der Waals surface area contributed by atoms with Gasteiger partial charge >= 0.3 is 6.09 Å². The van der Waals surface area contributed by atoms with Crippen LogP contribution >= 0.6 is 11.3 Å². The highest BCUT2D eigenvalue weighted by Gasteiger charge is 2.30. The van der Waals surface area contributed by atoms with Gasteiger partial charge in [-0.05, 0) is 63.4 Å². The maximum Gasteiger partial charge on any atom is 0.412 e. The van der Waals surface area contributed by atoms with E-state index in [1.165, 1.54) is 49.0 Å². The van der Waals surface area contributed by atoms with Crippen LogP contribution in [-0.4, -0.2) is 90.5 Å². The zero-order chi connectivity index (χ0) is 33.4. The summed E-state index contributed by atoms with van der Waals surface area (Å²) in [6, 6.07) is 7.21. The second kappa shape index (κ2) is 13.0. The molecule has 0 unspecified atom stereocenters. The summed E-state index contributed by atoms with van der Waals surface area (Å²) in [6.45, 7) is 6.01. The van der Waals surface area contributed by atoms with E-state index in [0.29, 0.717) is 58.2 Å². The molecule has 0 bridgehead atoms. The molecule has 2 atom stereocenters. The number of pyridine rings is 2. The summed E-state index contributed by atoms with van der Waals surface area (Å²) in [5.74, 6) is -0.945. The Labute approximate surface area is 272 Å². The number of aliphatic hydroxyl groups excluding tert-OH is 1. The van der Waals surface area contributed by atoms with Crippen molar-refractivity contribution in [2.75, 3.05) is 25.1 Å². The minimum absolute atomic E-state index is 0.168. The number of aromatic nitrogens is 5. The number of hydrogen-bond donors (Lipinski definition) is 2. The number of aliphatic hydroxyl groups is 1. The monoisotopic (exact) mass is 661 g/mol. The number of carboxylic acid groups (broad SMARTS) is 1. The first-order chi connectivity index (χ1) is 22.5. The summed E-state index contributed by atoms with van der Waals surface area (Å²) >= 11 is 1.24. The maximum absolute atomic E-state index is 15.3. The minimum atomic E-state index is -1.28. The average molecular weight is 662 g/mol. The van der Waals surface area contributed by atoms with Crippen molar-refractivity contribution in [2.24, 2.45) is 0 Å². The number of amides is 2. The lowest BCUT2D eigenvalue weighted by molar-refractivity contribution is 0.0541. The number of nitrogens with zero attached hydrogens (tertiary/aromatic N) is 7. The number of carbonyl (C=O) groups excluding carboxylic acids is 1. The second-order valence-corrected chi connectivity index (χ2v) is 12.3. The molecule has 1 aliphatic heterocycles. The molecule has 5 heterocycles. The van der Waals surface area contributed by atoms with Gasteiger partial charge in [0, 0.05) is 24.7 Å². The highest BCUT2D eigenvalue weighted by molar-refractivity contribution is 7.21. The molecule has 15 heteroatoms. The molecule has 2 amide bonds. The Morgan fingerprint density at radius 1 is 1.06 bits per heavy atom. The van der Waals surface area contributed by atoms with Crippen molar-refractivity contribution >= 4 is 50.4 Å². The van der Waals surface area contributed by atoms with Crippen LogP contribution in [0.4, 0.5) is 14.9 Å². The van der Waals surface area contributed by atoms with Crippen LogP contribution in [0.1, 0.15) is 42.7 Å². The van der Waals surface area contributed by atoms with Gasteiger partial charge in [-0.15, -0.1) is 0 Å². The molecule has 13 nitrogen and oxygen atoms in total. The fraction of sp³-hybridized carbons (Fsp3) is 0.344. The van der Waals surface area contributed by atoms with Crippen LogP contribution in [0.3, 0.4) is 0 Å². The third kappa shape index (κ3) is 6.49. The Balaban J connectivity index is 1.22. The van der Waals surface area contributed by atoms with Crippen LogP contribution in [0.2, 0.25) is 0 Å². The van der Waals surface area contributed by atoms with E-state index in [1.54, 1.807) is 18.7 Å². The van der Waals surface area contributed by atoms with Gasteiger partial charge in [0.1, 0.15) is 27.2 Å². The van der Waals surface area contributed by atoms with E-state index in [9.17, 15) is 19.8 Å². The van der Waals surface area contributed by atoms with Gasteiger partial charge in [0.2, 0.25) is 5.88 Å². The summed E-state index contributed by atoms with van der Waals surface area (Å²) < 4.78 is 26.4. The molecule has 1 saturated heterocycles. The number of anilines is 1. The molecule has 5 aromatic rings. The van der Waals surface area contributed by atoms with Crippen LogP contribution in [-0.2, 0) is 0 Å². The van der Waals surface area contributed by atoms with E-state index in [-0.39, 0.29) is 23.2 Å². The van der Waals surface area contributed by atoms with E-state index in [4.69, 9.17) is 9.47 Å². The summed E-state index contributed by atoms with van der Waals surface area (Å²) in [4.78, 5) is 50.5. The Morgan fingerprint density at radius 3 is 2.51 bits per heavy atom. The molecule has 6 rings (SSSR count). The smallest absolute Gasteiger partial charge is 0.412 e. The van der Waals surface area contributed by atoms with E-state index < -0.39 is 30.2 Å². The predicted molar refractivity (Wildman–Crippen MR) is 173 cm³/mol.